The van der Waals surface area contributed by atoms with Gasteiger partial charge in [-0.2, -0.15) is 0 Å². The van der Waals surface area contributed by atoms with Gasteiger partial charge < -0.3 is 5.48 Å². The molecule has 4 heavy (non-hydrogen) atoms. The summed E-state index contributed by atoms with van der Waals surface area (Å²) < 4.78 is 0. The predicted octanol–water partition coefficient (Wildman–Crippen LogP) is -0.827. The van der Waals surface area contributed by atoms with E-state index < -0.39 is 0 Å². The van der Waals surface area contributed by atoms with E-state index in [2.05, 4.69) is 0 Å². The van der Waals surface area contributed by atoms with Crippen molar-refractivity contribution < 1.29 is 121 Å². The van der Waals surface area contributed by atoms with Gasteiger partial charge in [-0.25, -0.2) is 0 Å². The fourth-order valence-electron chi connectivity index (χ4n) is 0. The van der Waals surface area contributed by atoms with E-state index in [9.17, 15) is 0 Å². The van der Waals surface area contributed by atoms with Gasteiger partial charge in [0.1, 0.15) is 0 Å². The zero-order chi connectivity index (χ0) is 0. The maximum absolute atomic E-state index is 0. The minimum atomic E-state index is 0. The topological polar surface area (TPSA) is 31.5 Å². The van der Waals surface area contributed by atoms with Gasteiger partial charge in [-0.15, -0.1) is 0 Å². The number of hydrogen-bond donors (Lipinski definition) is 0. The summed E-state index contributed by atoms with van der Waals surface area (Å²) >= 11 is 0. The summed E-state index contributed by atoms with van der Waals surface area (Å²) in [5.74, 6) is 0. The maximum Gasteiger partial charge on any atom is 0 e. The quantitative estimate of drug-likeness (QED) is 0.492. The van der Waals surface area contributed by atoms with Crippen LogP contribution in [0.3, 0.4) is 0 Å². The van der Waals surface area contributed by atoms with Crippen LogP contribution in [-0.4, -0.2) is 5.48 Å². The van der Waals surface area contributed by atoms with Gasteiger partial charge in [0.25, 0.3) is 0 Å². The Morgan fingerprint density at radius 1 is 1.00 bits per heavy atom. The van der Waals surface area contributed by atoms with E-state index in [0.29, 0.717) is 0 Å². The molecule has 0 aromatic carbocycles. The van der Waals surface area contributed by atoms with Crippen molar-refractivity contribution in [3.63, 3.8) is 0 Å². The Morgan fingerprint density at radius 3 is 1.00 bits per heavy atom. The molecule has 4 heteroatoms. The monoisotopic (exact) mass is 419 g/mol. The molecule has 0 aliphatic carbocycles. The van der Waals surface area contributed by atoms with Crippen LogP contribution >= 0.6 is 0 Å². The number of rotatable bonds is 0. The van der Waals surface area contributed by atoms with Crippen LogP contribution in [0.15, 0.2) is 0 Å². The Kier molecular flexibility index (Phi) is 99.6. The molecule has 0 aromatic rings. The molecular weight excluding hydrogens is 416 g/mol. The molecule has 0 unspecified atom stereocenters. The zero-order valence-electron chi connectivity index (χ0n) is 1.73. The third kappa shape index (κ3) is 9.23. The molecule has 0 saturated carbocycles. The van der Waals surface area contributed by atoms with Crippen LogP contribution in [0.2, 0.25) is 0 Å². The summed E-state index contributed by atoms with van der Waals surface area (Å²) in [5, 5.41) is 0. The Hall–Kier alpha value is 3.75. The average Bonchev–Trinajstić information content (AvgIpc) is 0. The molecule has 0 heterocycles. The molecule has 0 aliphatic heterocycles. The van der Waals surface area contributed by atoms with Gasteiger partial charge >= 0.3 is 0 Å². The first-order valence-corrected chi connectivity index (χ1v) is 0. The first kappa shape index (κ1) is 25.1. The van der Waals surface area contributed by atoms with Crippen molar-refractivity contribution in [3.05, 3.63) is 0 Å². The molecule has 0 bridgehead atoms. The Labute approximate surface area is 117 Å². The van der Waals surface area contributed by atoms with Gasteiger partial charge in [-0.1, -0.05) is 0 Å². The summed E-state index contributed by atoms with van der Waals surface area (Å²) in [4.78, 5) is 0. The smallest absolute Gasteiger partial charge is 0 e. The van der Waals surface area contributed by atoms with Crippen molar-refractivity contribution >= 4 is 0 Å². The van der Waals surface area contributed by atoms with Crippen molar-refractivity contribution in [3.8, 4) is 0 Å². The average molecular weight is 418 g/mol. The van der Waals surface area contributed by atoms with E-state index in [1.807, 2.05) is 0 Å². The molecule has 0 saturated heterocycles. The van der Waals surface area contributed by atoms with Crippen LogP contribution in [0.5, 0.6) is 0 Å². The van der Waals surface area contributed by atoms with Crippen LogP contribution < -0.4 is 0 Å². The summed E-state index contributed by atoms with van der Waals surface area (Å²) in [7, 11) is 0. The second-order valence-electron chi connectivity index (χ2n) is 0. The molecule has 27 valence electrons. The third-order valence-corrected chi connectivity index (χ3v) is 0. The summed E-state index contributed by atoms with van der Waals surface area (Å²) in [6.45, 7) is 0. The largest absolute Gasteiger partial charge is 0.412 e. The molecule has 2 N–H and O–H groups in total. The molecule has 0 rings (SSSR count). The van der Waals surface area contributed by atoms with Crippen molar-refractivity contribution in [2.24, 2.45) is 0 Å². The van der Waals surface area contributed by atoms with E-state index >= 15 is 0 Å². The minimum absolute atomic E-state index is 0. The minimum Gasteiger partial charge on any atom is -0.412 e. The van der Waals surface area contributed by atoms with Gasteiger partial charge in [0.2, 0.25) is 0 Å². The molecule has 0 aromatic heterocycles. The molecule has 0 spiro atoms. The fourth-order valence-corrected chi connectivity index (χ4v) is 0. The molecule has 1 radical (unpaired) electrons. The normalized spacial score (nSPS) is 0. The van der Waals surface area contributed by atoms with E-state index in [-0.39, 0.29) is 121 Å². The molecule has 0 atom stereocenters. The van der Waals surface area contributed by atoms with Crippen LogP contribution in [0.25, 0.3) is 0 Å². The SMILES string of the molecule is O.[Eu].[Gd].[Zr]. The summed E-state index contributed by atoms with van der Waals surface area (Å²) in [6.07, 6.45) is 0. The Bertz CT molecular complexity index is 8.00. The Morgan fingerprint density at radius 2 is 1.00 bits per heavy atom. The zero-order valence-corrected chi connectivity index (χ0v) is 8.88. The molecule has 0 fully saturated rings. The fraction of sp³-hybridized carbons (Fsp3) is 0. The summed E-state index contributed by atoms with van der Waals surface area (Å²) in [5.41, 5.74) is 0. The first-order valence-electron chi connectivity index (χ1n) is 0. The second-order valence-corrected chi connectivity index (χ2v) is 0. The van der Waals surface area contributed by atoms with Gasteiger partial charge in [-0.3, -0.25) is 0 Å². The standard InChI is InChI=1S/Eu.Gd.H2O.Zr/h;;1H2;. The van der Waals surface area contributed by atoms with E-state index in [0.717, 1.165) is 0 Å². The van der Waals surface area contributed by atoms with E-state index in [4.69, 9.17) is 0 Å². The van der Waals surface area contributed by atoms with Crippen molar-refractivity contribution in [1.82, 2.24) is 0 Å². The number of hydrogen-bond acceptors (Lipinski definition) is 0. The maximum atomic E-state index is 0. The second kappa shape index (κ2) is 15.9. The predicted molar refractivity (Wildman–Crippen MR) is 3.61 cm³/mol. The van der Waals surface area contributed by atoms with Crippen molar-refractivity contribution in [2.45, 2.75) is 0 Å². The van der Waals surface area contributed by atoms with Gasteiger partial charge in [-0.05, 0) is 0 Å². The summed E-state index contributed by atoms with van der Waals surface area (Å²) in [6, 6.07) is 0. The molecular formula is H2EuGdOZr. The van der Waals surface area contributed by atoms with Crippen LogP contribution in [-0.2, 0) is 26.2 Å². The van der Waals surface area contributed by atoms with Gasteiger partial charge in [0.05, 0.1) is 0 Å². The first-order chi connectivity index (χ1) is 0. The van der Waals surface area contributed by atoms with Crippen molar-refractivity contribution in [1.29, 1.82) is 0 Å². The van der Waals surface area contributed by atoms with Gasteiger partial charge in [0, 0.05) is 116 Å². The molecule has 0 aliphatic rings. The van der Waals surface area contributed by atoms with Crippen LogP contribution in [0.4, 0.5) is 0 Å². The van der Waals surface area contributed by atoms with E-state index in [1.54, 1.807) is 0 Å². The van der Waals surface area contributed by atoms with Gasteiger partial charge in [0.15, 0.2) is 0 Å². The van der Waals surface area contributed by atoms with Crippen LogP contribution in [0.1, 0.15) is 0 Å². The van der Waals surface area contributed by atoms with Crippen molar-refractivity contribution in [2.75, 3.05) is 0 Å². The molecule has 0 amide bonds. The third-order valence-electron chi connectivity index (χ3n) is 0. The van der Waals surface area contributed by atoms with Crippen LogP contribution in [0, 0.1) is 89.3 Å². The Balaban J connectivity index is 0. The van der Waals surface area contributed by atoms with E-state index in [1.165, 1.54) is 0 Å². The molecule has 1 nitrogen and oxygen atoms in total.